The number of carbonyl (C=O) groups excluding carboxylic acids is 1. The van der Waals surface area contributed by atoms with Gasteiger partial charge in [-0.1, -0.05) is 0 Å². The van der Waals surface area contributed by atoms with Crippen molar-refractivity contribution in [2.24, 2.45) is 5.92 Å². The number of ether oxygens (including phenoxy) is 3. The van der Waals surface area contributed by atoms with Gasteiger partial charge in [-0.25, -0.2) is 13.2 Å². The minimum absolute atomic E-state index is 0.217. The van der Waals surface area contributed by atoms with Crippen molar-refractivity contribution in [3.05, 3.63) is 48.5 Å². The molecule has 0 bridgehead atoms. The van der Waals surface area contributed by atoms with E-state index >= 15 is 0 Å². The molecule has 6 nitrogen and oxygen atoms in total. The Kier molecular flexibility index (Phi) is 5.46. The molecule has 1 saturated carbocycles. The molecule has 7 heteroatoms. The SMILES string of the molecule is CCOC(=O)Oc1ccc(Oc2ccc(S(=O)(=O)CC3CC3)cc2)cc1. The van der Waals surface area contributed by atoms with E-state index in [1.165, 1.54) is 0 Å². The highest BCUT2D eigenvalue weighted by Crippen LogP contribution is 2.33. The smallest absolute Gasteiger partial charge is 0.457 e. The summed E-state index contributed by atoms with van der Waals surface area (Å²) in [5, 5.41) is 0. The highest BCUT2D eigenvalue weighted by molar-refractivity contribution is 7.91. The molecule has 0 amide bonds. The van der Waals surface area contributed by atoms with E-state index in [1.807, 2.05) is 0 Å². The number of benzene rings is 2. The third-order valence-corrected chi connectivity index (χ3v) is 5.76. The number of hydrogen-bond acceptors (Lipinski definition) is 6. The molecule has 1 aliphatic rings. The first-order valence-electron chi connectivity index (χ1n) is 8.41. The van der Waals surface area contributed by atoms with E-state index < -0.39 is 16.0 Å². The minimum atomic E-state index is -3.22. The van der Waals surface area contributed by atoms with E-state index in [0.717, 1.165) is 12.8 Å². The first kappa shape index (κ1) is 18.3. The fourth-order valence-electron chi connectivity index (χ4n) is 2.36. The highest BCUT2D eigenvalue weighted by atomic mass is 32.2. The Morgan fingerprint density at radius 2 is 1.50 bits per heavy atom. The summed E-state index contributed by atoms with van der Waals surface area (Å²) in [4.78, 5) is 11.6. The van der Waals surface area contributed by atoms with Crippen LogP contribution in [-0.4, -0.2) is 26.9 Å². The van der Waals surface area contributed by atoms with Crippen molar-refractivity contribution in [1.82, 2.24) is 0 Å². The molecule has 0 radical (unpaired) electrons. The zero-order valence-corrected chi connectivity index (χ0v) is 15.2. The lowest BCUT2D eigenvalue weighted by molar-refractivity contribution is 0.104. The Hall–Kier alpha value is -2.54. The molecule has 0 aliphatic heterocycles. The number of hydrogen-bond donors (Lipinski definition) is 0. The average molecular weight is 376 g/mol. The fraction of sp³-hybridized carbons (Fsp3) is 0.316. The van der Waals surface area contributed by atoms with Crippen LogP contribution in [0.4, 0.5) is 4.79 Å². The van der Waals surface area contributed by atoms with Crippen LogP contribution in [0.5, 0.6) is 17.2 Å². The Morgan fingerprint density at radius 1 is 0.962 bits per heavy atom. The van der Waals surface area contributed by atoms with Gasteiger partial charge in [0, 0.05) is 0 Å². The average Bonchev–Trinajstić information content (AvgIpc) is 3.41. The number of rotatable bonds is 7. The van der Waals surface area contributed by atoms with Crippen LogP contribution in [0.2, 0.25) is 0 Å². The molecule has 3 rings (SSSR count). The zero-order valence-electron chi connectivity index (χ0n) is 14.4. The molecule has 0 N–H and O–H groups in total. The summed E-state index contributed by atoms with van der Waals surface area (Å²) in [6, 6.07) is 12.8. The van der Waals surface area contributed by atoms with Crippen LogP contribution in [0.25, 0.3) is 0 Å². The standard InChI is InChI=1S/C19H20O6S/c1-2-23-19(20)25-17-7-5-15(6-8-17)24-16-9-11-18(12-10-16)26(21,22)13-14-3-4-14/h5-12,14H,2-4,13H2,1H3. The second-order valence-electron chi connectivity index (χ2n) is 6.05. The second-order valence-corrected chi connectivity index (χ2v) is 8.09. The molecule has 2 aromatic rings. The summed E-state index contributed by atoms with van der Waals surface area (Å²) >= 11 is 0. The summed E-state index contributed by atoms with van der Waals surface area (Å²) in [5.41, 5.74) is 0. The Bertz CT molecular complexity index is 852. The zero-order chi connectivity index (χ0) is 18.6. The van der Waals surface area contributed by atoms with E-state index in [-0.39, 0.29) is 12.4 Å². The van der Waals surface area contributed by atoms with Crippen LogP contribution >= 0.6 is 0 Å². The molecule has 0 unspecified atom stereocenters. The third kappa shape index (κ3) is 4.98. The van der Waals surface area contributed by atoms with Gasteiger partial charge >= 0.3 is 6.16 Å². The number of carbonyl (C=O) groups is 1. The van der Waals surface area contributed by atoms with Crippen molar-refractivity contribution in [3.8, 4) is 17.2 Å². The van der Waals surface area contributed by atoms with Gasteiger partial charge in [0.05, 0.1) is 17.3 Å². The van der Waals surface area contributed by atoms with Gasteiger partial charge in [0.15, 0.2) is 9.84 Å². The van der Waals surface area contributed by atoms with Crippen molar-refractivity contribution in [2.45, 2.75) is 24.7 Å². The van der Waals surface area contributed by atoms with Crippen molar-refractivity contribution < 1.29 is 27.4 Å². The summed E-state index contributed by atoms with van der Waals surface area (Å²) in [7, 11) is -3.22. The lowest BCUT2D eigenvalue weighted by Gasteiger charge is -2.08. The number of sulfone groups is 1. The van der Waals surface area contributed by atoms with Crippen LogP contribution in [0.15, 0.2) is 53.4 Å². The maximum atomic E-state index is 12.2. The van der Waals surface area contributed by atoms with Gasteiger partial charge in [-0.3, -0.25) is 0 Å². The van der Waals surface area contributed by atoms with Crippen LogP contribution in [0.1, 0.15) is 19.8 Å². The van der Waals surface area contributed by atoms with Crippen LogP contribution in [0, 0.1) is 5.92 Å². The normalized spacial score (nSPS) is 13.9. The lowest BCUT2D eigenvalue weighted by atomic mass is 10.3. The molecule has 1 aliphatic carbocycles. The predicted molar refractivity (Wildman–Crippen MR) is 95.4 cm³/mol. The van der Waals surface area contributed by atoms with Crippen molar-refractivity contribution in [2.75, 3.05) is 12.4 Å². The quantitative estimate of drug-likeness (QED) is 0.532. The largest absolute Gasteiger partial charge is 0.513 e. The molecular weight excluding hydrogens is 356 g/mol. The van der Waals surface area contributed by atoms with Gasteiger partial charge in [-0.05, 0) is 74.2 Å². The van der Waals surface area contributed by atoms with E-state index in [9.17, 15) is 13.2 Å². The molecule has 26 heavy (non-hydrogen) atoms. The second kappa shape index (κ2) is 7.78. The van der Waals surface area contributed by atoms with Gasteiger partial charge < -0.3 is 14.2 Å². The van der Waals surface area contributed by atoms with Crippen molar-refractivity contribution in [3.63, 3.8) is 0 Å². The van der Waals surface area contributed by atoms with Crippen LogP contribution < -0.4 is 9.47 Å². The van der Waals surface area contributed by atoms with E-state index in [0.29, 0.717) is 28.1 Å². The molecule has 0 heterocycles. The third-order valence-electron chi connectivity index (χ3n) is 3.86. The fourth-order valence-corrected chi connectivity index (χ4v) is 4.06. The first-order valence-corrected chi connectivity index (χ1v) is 10.1. The Labute approximate surface area is 152 Å². The van der Waals surface area contributed by atoms with Gasteiger partial charge in [-0.15, -0.1) is 0 Å². The summed E-state index contributed by atoms with van der Waals surface area (Å²) in [5.74, 6) is 1.93. The monoisotopic (exact) mass is 376 g/mol. The molecular formula is C19H20O6S. The van der Waals surface area contributed by atoms with E-state index in [1.54, 1.807) is 55.5 Å². The van der Waals surface area contributed by atoms with Crippen LogP contribution in [0.3, 0.4) is 0 Å². The predicted octanol–water partition coefficient (Wildman–Crippen LogP) is 4.20. The van der Waals surface area contributed by atoms with Gasteiger partial charge in [0.1, 0.15) is 17.2 Å². The Morgan fingerprint density at radius 3 is 2.04 bits per heavy atom. The summed E-state index contributed by atoms with van der Waals surface area (Å²) in [6.45, 7) is 1.94. The summed E-state index contributed by atoms with van der Waals surface area (Å²) in [6.07, 6.45) is 1.23. The first-order chi connectivity index (χ1) is 12.5. The summed E-state index contributed by atoms with van der Waals surface area (Å²) < 4.78 is 39.8. The Balaban J connectivity index is 1.61. The van der Waals surface area contributed by atoms with Gasteiger partial charge in [0.25, 0.3) is 0 Å². The minimum Gasteiger partial charge on any atom is -0.457 e. The molecule has 0 atom stereocenters. The van der Waals surface area contributed by atoms with E-state index in [2.05, 4.69) is 0 Å². The molecule has 0 spiro atoms. The van der Waals surface area contributed by atoms with Crippen molar-refractivity contribution >= 4 is 16.0 Å². The van der Waals surface area contributed by atoms with Crippen LogP contribution in [-0.2, 0) is 14.6 Å². The van der Waals surface area contributed by atoms with Gasteiger partial charge in [0.2, 0.25) is 0 Å². The van der Waals surface area contributed by atoms with Gasteiger partial charge in [-0.2, -0.15) is 0 Å². The molecule has 1 fully saturated rings. The maximum Gasteiger partial charge on any atom is 0.513 e. The molecule has 2 aromatic carbocycles. The molecule has 138 valence electrons. The topological polar surface area (TPSA) is 78.9 Å². The highest BCUT2D eigenvalue weighted by Gasteiger charge is 2.28. The van der Waals surface area contributed by atoms with E-state index in [4.69, 9.17) is 14.2 Å². The molecule has 0 aromatic heterocycles. The lowest BCUT2D eigenvalue weighted by Crippen LogP contribution is -2.09. The maximum absolute atomic E-state index is 12.2. The molecule has 0 saturated heterocycles. The van der Waals surface area contributed by atoms with Crippen molar-refractivity contribution in [1.29, 1.82) is 0 Å².